The standard InChI is InChI=1S/C12H12F3NO2/c1-18-11(17)10-6-16-5-7-4-8(12(13,14)15)2-3-9(7)10/h2-4,10,16H,5-6H2,1H3. The highest BCUT2D eigenvalue weighted by atomic mass is 19.4. The molecular formula is C12H12F3NO2. The Balaban J connectivity index is 2.40. The summed E-state index contributed by atoms with van der Waals surface area (Å²) >= 11 is 0. The van der Waals surface area contributed by atoms with Crippen LogP contribution in [0.1, 0.15) is 22.6 Å². The van der Waals surface area contributed by atoms with Gasteiger partial charge in [0.2, 0.25) is 0 Å². The molecule has 1 aromatic carbocycles. The van der Waals surface area contributed by atoms with Crippen molar-refractivity contribution in [3.05, 3.63) is 34.9 Å². The maximum atomic E-state index is 12.6. The van der Waals surface area contributed by atoms with Gasteiger partial charge < -0.3 is 10.1 Å². The van der Waals surface area contributed by atoms with Gasteiger partial charge in [-0.05, 0) is 23.3 Å². The third-order valence-corrected chi connectivity index (χ3v) is 3.00. The van der Waals surface area contributed by atoms with Crippen LogP contribution in [0.4, 0.5) is 13.2 Å². The molecule has 2 rings (SSSR count). The quantitative estimate of drug-likeness (QED) is 0.785. The molecule has 1 atom stereocenters. The highest BCUT2D eigenvalue weighted by molar-refractivity contribution is 5.79. The van der Waals surface area contributed by atoms with E-state index in [2.05, 4.69) is 10.1 Å². The second kappa shape index (κ2) is 4.61. The Labute approximate surface area is 102 Å². The summed E-state index contributed by atoms with van der Waals surface area (Å²) in [7, 11) is 1.26. The van der Waals surface area contributed by atoms with Crippen molar-refractivity contribution in [2.45, 2.75) is 18.6 Å². The Morgan fingerprint density at radius 1 is 1.44 bits per heavy atom. The van der Waals surface area contributed by atoms with Crippen molar-refractivity contribution in [2.24, 2.45) is 0 Å². The van der Waals surface area contributed by atoms with Crippen LogP contribution >= 0.6 is 0 Å². The van der Waals surface area contributed by atoms with Gasteiger partial charge in [-0.1, -0.05) is 6.07 Å². The number of fused-ring (bicyclic) bond motifs is 1. The Morgan fingerprint density at radius 2 is 2.17 bits per heavy atom. The fraction of sp³-hybridized carbons (Fsp3) is 0.417. The predicted octanol–water partition coefficient (Wildman–Crippen LogP) is 2.07. The molecule has 3 nitrogen and oxygen atoms in total. The molecule has 0 aliphatic carbocycles. The smallest absolute Gasteiger partial charge is 0.416 e. The number of esters is 1. The maximum absolute atomic E-state index is 12.6. The lowest BCUT2D eigenvalue weighted by Gasteiger charge is -2.25. The van der Waals surface area contributed by atoms with Crippen LogP contribution < -0.4 is 5.32 Å². The van der Waals surface area contributed by atoms with Gasteiger partial charge in [0.05, 0.1) is 18.6 Å². The minimum atomic E-state index is -4.37. The second-order valence-corrected chi connectivity index (χ2v) is 4.12. The van der Waals surface area contributed by atoms with Crippen LogP contribution in [-0.2, 0) is 22.3 Å². The van der Waals surface area contributed by atoms with E-state index in [-0.39, 0.29) is 0 Å². The van der Waals surface area contributed by atoms with Crippen LogP contribution in [0, 0.1) is 0 Å². The van der Waals surface area contributed by atoms with E-state index in [0.717, 1.165) is 12.1 Å². The van der Waals surface area contributed by atoms with Crippen molar-refractivity contribution in [1.29, 1.82) is 0 Å². The summed E-state index contributed by atoms with van der Waals surface area (Å²) in [5.41, 5.74) is 0.397. The van der Waals surface area contributed by atoms with Gasteiger partial charge in [0, 0.05) is 13.1 Å². The van der Waals surface area contributed by atoms with E-state index in [1.807, 2.05) is 0 Å². The number of hydrogen-bond donors (Lipinski definition) is 1. The number of methoxy groups -OCH3 is 1. The van der Waals surface area contributed by atoms with E-state index < -0.39 is 23.6 Å². The number of ether oxygens (including phenoxy) is 1. The van der Waals surface area contributed by atoms with Gasteiger partial charge in [0.15, 0.2) is 0 Å². The average Bonchev–Trinajstić information content (AvgIpc) is 2.35. The van der Waals surface area contributed by atoms with Crippen LogP contribution in [0.2, 0.25) is 0 Å². The van der Waals surface area contributed by atoms with Gasteiger partial charge in [-0.15, -0.1) is 0 Å². The fourth-order valence-electron chi connectivity index (χ4n) is 2.09. The third-order valence-electron chi connectivity index (χ3n) is 3.00. The first-order valence-corrected chi connectivity index (χ1v) is 5.42. The molecule has 6 heteroatoms. The van der Waals surface area contributed by atoms with E-state index in [0.29, 0.717) is 24.2 Å². The molecule has 1 aliphatic heterocycles. The summed E-state index contributed by atoms with van der Waals surface area (Å²) in [4.78, 5) is 11.5. The molecule has 0 radical (unpaired) electrons. The molecule has 0 saturated carbocycles. The van der Waals surface area contributed by atoms with Crippen molar-refractivity contribution in [1.82, 2.24) is 5.32 Å². The number of benzene rings is 1. The fourth-order valence-corrected chi connectivity index (χ4v) is 2.09. The van der Waals surface area contributed by atoms with Crippen LogP contribution in [0.5, 0.6) is 0 Å². The molecule has 0 saturated heterocycles. The number of nitrogens with one attached hydrogen (secondary N) is 1. The lowest BCUT2D eigenvalue weighted by atomic mass is 9.89. The van der Waals surface area contributed by atoms with Crippen LogP contribution in [-0.4, -0.2) is 19.6 Å². The number of carbonyl (C=O) groups excluding carboxylic acids is 1. The van der Waals surface area contributed by atoms with Gasteiger partial charge in [0.25, 0.3) is 0 Å². The highest BCUT2D eigenvalue weighted by Crippen LogP contribution is 2.33. The first kappa shape index (κ1) is 12.9. The number of carbonyl (C=O) groups is 1. The molecule has 1 heterocycles. The minimum Gasteiger partial charge on any atom is -0.469 e. The van der Waals surface area contributed by atoms with E-state index >= 15 is 0 Å². The lowest BCUT2D eigenvalue weighted by molar-refractivity contribution is -0.142. The first-order valence-electron chi connectivity index (χ1n) is 5.42. The predicted molar refractivity (Wildman–Crippen MR) is 57.9 cm³/mol. The third kappa shape index (κ3) is 2.33. The summed E-state index contributed by atoms with van der Waals surface area (Å²) < 4.78 is 42.3. The van der Waals surface area contributed by atoms with Gasteiger partial charge in [-0.3, -0.25) is 4.79 Å². The molecule has 0 amide bonds. The van der Waals surface area contributed by atoms with Crippen molar-refractivity contribution in [2.75, 3.05) is 13.7 Å². The average molecular weight is 259 g/mol. The van der Waals surface area contributed by atoms with E-state index in [1.54, 1.807) is 0 Å². The zero-order valence-corrected chi connectivity index (χ0v) is 9.67. The van der Waals surface area contributed by atoms with Crippen molar-refractivity contribution in [3.63, 3.8) is 0 Å². The molecule has 1 N–H and O–H groups in total. The summed E-state index contributed by atoms with van der Waals surface area (Å²) in [6, 6.07) is 3.44. The molecular weight excluding hydrogens is 247 g/mol. The molecule has 0 bridgehead atoms. The number of rotatable bonds is 1. The lowest BCUT2D eigenvalue weighted by Crippen LogP contribution is -2.33. The van der Waals surface area contributed by atoms with Gasteiger partial charge in [-0.2, -0.15) is 13.2 Å². The van der Waals surface area contributed by atoms with Crippen molar-refractivity contribution < 1.29 is 22.7 Å². The van der Waals surface area contributed by atoms with Crippen molar-refractivity contribution in [3.8, 4) is 0 Å². The molecule has 1 aromatic rings. The highest BCUT2D eigenvalue weighted by Gasteiger charge is 2.33. The first-order chi connectivity index (χ1) is 8.43. The molecule has 98 valence electrons. The summed E-state index contributed by atoms with van der Waals surface area (Å²) in [5, 5.41) is 2.92. The van der Waals surface area contributed by atoms with Gasteiger partial charge in [0.1, 0.15) is 0 Å². The summed E-state index contributed by atoms with van der Waals surface area (Å²) in [6.07, 6.45) is -4.37. The van der Waals surface area contributed by atoms with Crippen LogP contribution in [0.15, 0.2) is 18.2 Å². The Bertz CT molecular complexity index is 471. The molecule has 1 unspecified atom stereocenters. The number of hydrogen-bond acceptors (Lipinski definition) is 3. The summed E-state index contributed by atoms with van der Waals surface area (Å²) in [5.74, 6) is -0.982. The maximum Gasteiger partial charge on any atom is 0.416 e. The van der Waals surface area contributed by atoms with E-state index in [4.69, 9.17) is 0 Å². The molecule has 18 heavy (non-hydrogen) atoms. The van der Waals surface area contributed by atoms with E-state index in [1.165, 1.54) is 13.2 Å². The Kier molecular flexibility index (Phi) is 3.30. The van der Waals surface area contributed by atoms with E-state index in [9.17, 15) is 18.0 Å². The topological polar surface area (TPSA) is 38.3 Å². The van der Waals surface area contributed by atoms with Gasteiger partial charge in [-0.25, -0.2) is 0 Å². The molecule has 0 aromatic heterocycles. The zero-order chi connectivity index (χ0) is 13.3. The monoisotopic (exact) mass is 259 g/mol. The van der Waals surface area contributed by atoms with Gasteiger partial charge >= 0.3 is 12.1 Å². The normalized spacial score (nSPS) is 19.2. The number of alkyl halides is 3. The molecule has 0 fully saturated rings. The number of halogens is 3. The molecule has 1 aliphatic rings. The molecule has 0 spiro atoms. The second-order valence-electron chi connectivity index (χ2n) is 4.12. The van der Waals surface area contributed by atoms with Crippen LogP contribution in [0.25, 0.3) is 0 Å². The van der Waals surface area contributed by atoms with Crippen LogP contribution in [0.3, 0.4) is 0 Å². The SMILES string of the molecule is COC(=O)C1CNCc2cc(C(F)(F)F)ccc21. The Hall–Kier alpha value is -1.56. The zero-order valence-electron chi connectivity index (χ0n) is 9.67. The summed E-state index contributed by atoms with van der Waals surface area (Å²) in [6.45, 7) is 0.706. The largest absolute Gasteiger partial charge is 0.469 e. The minimum absolute atomic E-state index is 0.326. The Morgan fingerprint density at radius 3 is 2.78 bits per heavy atom. The van der Waals surface area contributed by atoms with Crippen molar-refractivity contribution >= 4 is 5.97 Å².